The van der Waals surface area contributed by atoms with Crippen molar-refractivity contribution in [3.63, 3.8) is 0 Å². The fraction of sp³-hybridized carbons (Fsp3) is 0.611. The first-order valence-corrected chi connectivity index (χ1v) is 8.28. The quantitative estimate of drug-likeness (QED) is 0.769. The predicted octanol–water partition coefficient (Wildman–Crippen LogP) is 1.75. The zero-order chi connectivity index (χ0) is 16.7. The van der Waals surface area contributed by atoms with Gasteiger partial charge in [-0.25, -0.2) is 0 Å². The maximum Gasteiger partial charge on any atom is 0.241 e. The summed E-state index contributed by atoms with van der Waals surface area (Å²) in [6, 6.07) is 7.56. The van der Waals surface area contributed by atoms with Crippen LogP contribution in [0.25, 0.3) is 0 Å². The zero-order valence-corrected chi connectivity index (χ0v) is 15.1. The van der Waals surface area contributed by atoms with Gasteiger partial charge in [0.05, 0.1) is 12.7 Å². The summed E-state index contributed by atoms with van der Waals surface area (Å²) < 4.78 is 5.84. The van der Waals surface area contributed by atoms with Crippen LogP contribution < -0.4 is 11.1 Å². The maximum atomic E-state index is 12.8. The molecule has 1 aliphatic heterocycles. The molecular weight excluding hydrogens is 328 g/mol. The van der Waals surface area contributed by atoms with Crippen molar-refractivity contribution in [1.29, 1.82) is 0 Å². The molecule has 3 unspecified atom stereocenters. The van der Waals surface area contributed by atoms with E-state index in [4.69, 9.17) is 10.5 Å². The van der Waals surface area contributed by atoms with Gasteiger partial charge in [-0.1, -0.05) is 38.1 Å². The average molecular weight is 355 g/mol. The molecule has 3 atom stereocenters. The van der Waals surface area contributed by atoms with Gasteiger partial charge in [-0.2, -0.15) is 0 Å². The highest BCUT2D eigenvalue weighted by Gasteiger charge is 2.70. The summed E-state index contributed by atoms with van der Waals surface area (Å²) in [5, 5.41) is 12.2. The minimum absolute atomic E-state index is 0. The third-order valence-corrected chi connectivity index (χ3v) is 5.69. The predicted molar refractivity (Wildman–Crippen MR) is 94.6 cm³/mol. The number of ether oxygens (including phenoxy) is 1. The second kappa shape index (κ2) is 7.00. The van der Waals surface area contributed by atoms with Crippen LogP contribution in [-0.2, 0) is 22.7 Å². The molecule has 134 valence electrons. The minimum Gasteiger partial charge on any atom is -0.392 e. The number of benzene rings is 1. The Hall–Kier alpha value is -1.14. The largest absolute Gasteiger partial charge is 0.392 e. The van der Waals surface area contributed by atoms with Gasteiger partial charge in [-0.15, -0.1) is 12.4 Å². The normalized spacial score (nSPS) is 30.5. The van der Waals surface area contributed by atoms with Crippen molar-refractivity contribution in [1.82, 2.24) is 5.32 Å². The lowest BCUT2D eigenvalue weighted by molar-refractivity contribution is -0.225. The van der Waals surface area contributed by atoms with Gasteiger partial charge in [0.15, 0.2) is 0 Å². The first-order valence-electron chi connectivity index (χ1n) is 8.28. The van der Waals surface area contributed by atoms with Crippen LogP contribution in [-0.4, -0.2) is 29.3 Å². The molecule has 1 amide bonds. The highest BCUT2D eigenvalue weighted by atomic mass is 35.5. The number of nitrogens with one attached hydrogen (secondary N) is 1. The van der Waals surface area contributed by atoms with Gasteiger partial charge in [0.1, 0.15) is 5.54 Å². The molecule has 1 saturated heterocycles. The van der Waals surface area contributed by atoms with Crippen LogP contribution in [0.4, 0.5) is 0 Å². The van der Waals surface area contributed by atoms with Crippen LogP contribution in [0.1, 0.15) is 37.8 Å². The van der Waals surface area contributed by atoms with Gasteiger partial charge in [0.2, 0.25) is 5.91 Å². The molecule has 0 bridgehead atoms. The van der Waals surface area contributed by atoms with Crippen LogP contribution in [0, 0.1) is 11.3 Å². The molecular formula is C18H27ClN2O3. The molecule has 0 spiro atoms. The number of hydrogen-bond acceptors (Lipinski definition) is 4. The molecule has 1 aromatic carbocycles. The Morgan fingerprint density at radius 1 is 1.42 bits per heavy atom. The monoisotopic (exact) mass is 354 g/mol. The van der Waals surface area contributed by atoms with Crippen molar-refractivity contribution in [2.75, 3.05) is 6.61 Å². The first-order chi connectivity index (χ1) is 10.9. The second-order valence-electron chi connectivity index (χ2n) is 7.29. The molecule has 1 saturated carbocycles. The third kappa shape index (κ3) is 2.84. The van der Waals surface area contributed by atoms with Crippen LogP contribution in [0.3, 0.4) is 0 Å². The molecule has 24 heavy (non-hydrogen) atoms. The molecule has 4 N–H and O–H groups in total. The van der Waals surface area contributed by atoms with Crippen molar-refractivity contribution in [2.45, 2.75) is 51.5 Å². The lowest BCUT2D eigenvalue weighted by atomic mass is 9.46. The molecule has 0 aromatic heterocycles. The Labute approximate surface area is 149 Å². The molecule has 6 heteroatoms. The highest BCUT2D eigenvalue weighted by molar-refractivity contribution is 5.89. The minimum atomic E-state index is -0.882. The topological polar surface area (TPSA) is 84.6 Å². The Morgan fingerprint density at radius 2 is 2.12 bits per heavy atom. The number of aliphatic hydroxyl groups excluding tert-OH is 1. The Morgan fingerprint density at radius 3 is 2.83 bits per heavy atom. The molecule has 1 aromatic rings. The maximum absolute atomic E-state index is 12.8. The number of rotatable bonds is 4. The van der Waals surface area contributed by atoms with Crippen molar-refractivity contribution in [2.24, 2.45) is 17.1 Å². The lowest BCUT2D eigenvalue weighted by Gasteiger charge is -2.65. The van der Waals surface area contributed by atoms with Gasteiger partial charge < -0.3 is 20.9 Å². The summed E-state index contributed by atoms with van der Waals surface area (Å²) in [5.41, 5.74) is 7.12. The van der Waals surface area contributed by atoms with Crippen LogP contribution >= 0.6 is 12.4 Å². The average Bonchev–Trinajstić information content (AvgIpc) is 2.59. The molecule has 3 rings (SSSR count). The van der Waals surface area contributed by atoms with E-state index in [2.05, 4.69) is 5.32 Å². The smallest absolute Gasteiger partial charge is 0.241 e. The fourth-order valence-electron chi connectivity index (χ4n) is 4.20. The Balaban J connectivity index is 0.00000208. The van der Waals surface area contributed by atoms with E-state index in [1.165, 1.54) is 0 Å². The summed E-state index contributed by atoms with van der Waals surface area (Å²) in [7, 11) is 0. The van der Waals surface area contributed by atoms with Gasteiger partial charge >= 0.3 is 0 Å². The van der Waals surface area contributed by atoms with E-state index >= 15 is 0 Å². The van der Waals surface area contributed by atoms with Crippen molar-refractivity contribution in [3.05, 3.63) is 35.4 Å². The summed E-state index contributed by atoms with van der Waals surface area (Å²) in [5.74, 6) is -0.0151. The molecule has 0 radical (unpaired) electrons. The molecule has 1 heterocycles. The summed E-state index contributed by atoms with van der Waals surface area (Å²) in [6.45, 7) is 5.21. The summed E-state index contributed by atoms with van der Waals surface area (Å²) in [6.07, 6.45) is 1.98. The molecule has 2 fully saturated rings. The number of carbonyl (C=O) groups excluding carboxylic acids is 1. The van der Waals surface area contributed by atoms with E-state index in [-0.39, 0.29) is 42.4 Å². The Bertz CT molecular complexity index is 608. The van der Waals surface area contributed by atoms with E-state index < -0.39 is 5.54 Å². The number of halogens is 1. The van der Waals surface area contributed by atoms with E-state index in [0.717, 1.165) is 30.6 Å². The zero-order valence-electron chi connectivity index (χ0n) is 14.2. The number of hydrogen-bond donors (Lipinski definition) is 3. The van der Waals surface area contributed by atoms with Gasteiger partial charge in [0.25, 0.3) is 0 Å². The number of amides is 1. The molecule has 1 aliphatic carbocycles. The number of nitrogens with two attached hydrogens (primary N) is 1. The van der Waals surface area contributed by atoms with Crippen LogP contribution in [0.5, 0.6) is 0 Å². The van der Waals surface area contributed by atoms with Crippen molar-refractivity contribution >= 4 is 18.3 Å². The summed E-state index contributed by atoms with van der Waals surface area (Å²) in [4.78, 5) is 12.8. The van der Waals surface area contributed by atoms with E-state index in [9.17, 15) is 9.90 Å². The van der Waals surface area contributed by atoms with E-state index in [0.29, 0.717) is 6.54 Å². The van der Waals surface area contributed by atoms with Crippen molar-refractivity contribution in [3.8, 4) is 0 Å². The third-order valence-electron chi connectivity index (χ3n) is 5.69. The summed E-state index contributed by atoms with van der Waals surface area (Å²) >= 11 is 0. The number of fused-ring (bicyclic) bond motifs is 1. The SMILES string of the molecule is CC1(C)C2OCCCC2C1(N)C(=O)NCc1cccc(CO)c1.Cl. The van der Waals surface area contributed by atoms with Gasteiger partial charge in [-0.05, 0) is 24.0 Å². The number of aliphatic hydroxyl groups is 1. The lowest BCUT2D eigenvalue weighted by Crippen LogP contribution is -2.82. The fourth-order valence-corrected chi connectivity index (χ4v) is 4.20. The van der Waals surface area contributed by atoms with E-state index in [1.54, 1.807) is 0 Å². The highest BCUT2D eigenvalue weighted by Crippen LogP contribution is 2.57. The number of carbonyl (C=O) groups is 1. The van der Waals surface area contributed by atoms with Crippen LogP contribution in [0.15, 0.2) is 24.3 Å². The molecule has 2 aliphatic rings. The second-order valence-corrected chi connectivity index (χ2v) is 7.29. The van der Waals surface area contributed by atoms with Gasteiger partial charge in [-0.3, -0.25) is 4.79 Å². The molecule has 5 nitrogen and oxygen atoms in total. The first kappa shape index (κ1) is 19.2. The van der Waals surface area contributed by atoms with Gasteiger partial charge in [0, 0.05) is 24.5 Å². The van der Waals surface area contributed by atoms with Crippen LogP contribution in [0.2, 0.25) is 0 Å². The Kier molecular flexibility index (Phi) is 5.60. The standard InChI is InChI=1S/C18H26N2O3.ClH/c1-17(2)15-14(7-4-8-23-15)18(17,19)16(22)20-10-12-5-3-6-13(9-12)11-21;/h3,5-6,9,14-15,21H,4,7-8,10-11,19H2,1-2H3,(H,20,22);1H. The van der Waals surface area contributed by atoms with Crippen molar-refractivity contribution < 1.29 is 14.6 Å². The van der Waals surface area contributed by atoms with E-state index in [1.807, 2.05) is 38.1 Å².